The summed E-state index contributed by atoms with van der Waals surface area (Å²) < 4.78 is 21.2. The van der Waals surface area contributed by atoms with E-state index in [1.165, 1.54) is 12.1 Å². The van der Waals surface area contributed by atoms with E-state index in [9.17, 15) is 4.39 Å². The second-order valence-electron chi connectivity index (χ2n) is 6.06. The van der Waals surface area contributed by atoms with E-state index < -0.39 is 0 Å². The lowest BCUT2D eigenvalue weighted by Crippen LogP contribution is -2.36. The summed E-state index contributed by atoms with van der Waals surface area (Å²) in [5.74, 6) is 0.669. The van der Waals surface area contributed by atoms with Gasteiger partial charge in [-0.2, -0.15) is 0 Å². The highest BCUT2D eigenvalue weighted by Gasteiger charge is 2.22. The minimum atomic E-state index is -0.234. The number of nitrogens with zero attached hydrogens (tertiary/aromatic N) is 3. The molecule has 1 aliphatic rings. The standard InChI is InChI=1S/C19H19FN4O/c20-15-6-4-14(5-7-15)18-11-23-19-13-25-17(12-24(18)19)10-21-9-16-3-1-2-8-22-16/h1-8,11,17,21H,9-10,12-13H2/t17-/m0/s1. The summed E-state index contributed by atoms with van der Waals surface area (Å²) in [7, 11) is 0. The monoisotopic (exact) mass is 338 g/mol. The number of aromatic nitrogens is 3. The summed E-state index contributed by atoms with van der Waals surface area (Å²) >= 11 is 0. The van der Waals surface area contributed by atoms with E-state index >= 15 is 0 Å². The topological polar surface area (TPSA) is 52.0 Å². The molecule has 128 valence electrons. The minimum absolute atomic E-state index is 0.0598. The average Bonchev–Trinajstić information content (AvgIpc) is 3.07. The van der Waals surface area contributed by atoms with E-state index in [2.05, 4.69) is 19.9 Å². The van der Waals surface area contributed by atoms with Crippen molar-refractivity contribution in [1.29, 1.82) is 0 Å². The lowest BCUT2D eigenvalue weighted by molar-refractivity contribution is 0.00322. The van der Waals surface area contributed by atoms with Gasteiger partial charge in [-0.05, 0) is 42.0 Å². The summed E-state index contributed by atoms with van der Waals surface area (Å²) in [6, 6.07) is 12.4. The number of halogens is 1. The molecule has 0 radical (unpaired) electrons. The zero-order chi connectivity index (χ0) is 17.1. The van der Waals surface area contributed by atoms with Crippen LogP contribution in [0, 0.1) is 5.82 Å². The number of nitrogens with one attached hydrogen (secondary N) is 1. The molecule has 1 atom stereocenters. The van der Waals surface area contributed by atoms with E-state index in [4.69, 9.17) is 4.74 Å². The summed E-state index contributed by atoms with van der Waals surface area (Å²) in [6.07, 6.45) is 3.68. The Kier molecular flexibility index (Phi) is 4.54. The first-order valence-corrected chi connectivity index (χ1v) is 8.32. The van der Waals surface area contributed by atoms with Crippen molar-refractivity contribution in [1.82, 2.24) is 19.9 Å². The number of rotatable bonds is 5. The Hall–Kier alpha value is -2.57. The molecule has 6 heteroatoms. The molecule has 5 nitrogen and oxygen atoms in total. The van der Waals surface area contributed by atoms with Gasteiger partial charge in [0.1, 0.15) is 18.2 Å². The summed E-state index contributed by atoms with van der Waals surface area (Å²) in [4.78, 5) is 8.73. The molecule has 2 aromatic heterocycles. The van der Waals surface area contributed by atoms with Gasteiger partial charge in [-0.3, -0.25) is 4.98 Å². The van der Waals surface area contributed by atoms with Crippen molar-refractivity contribution in [3.63, 3.8) is 0 Å². The summed E-state index contributed by atoms with van der Waals surface area (Å²) in [5, 5.41) is 3.39. The zero-order valence-electron chi connectivity index (χ0n) is 13.7. The van der Waals surface area contributed by atoms with Gasteiger partial charge in [0.15, 0.2) is 0 Å². The van der Waals surface area contributed by atoms with Crippen molar-refractivity contribution < 1.29 is 9.13 Å². The first kappa shape index (κ1) is 15.9. The predicted molar refractivity (Wildman–Crippen MR) is 92.1 cm³/mol. The van der Waals surface area contributed by atoms with Gasteiger partial charge < -0.3 is 14.6 Å². The van der Waals surface area contributed by atoms with E-state index in [0.29, 0.717) is 13.2 Å². The van der Waals surface area contributed by atoms with Crippen LogP contribution in [0.5, 0.6) is 0 Å². The van der Waals surface area contributed by atoms with Crippen molar-refractivity contribution in [3.05, 3.63) is 72.2 Å². The SMILES string of the molecule is Fc1ccc(-c2cnc3n2C[C@H](CNCc2ccccn2)OC3)cc1. The van der Waals surface area contributed by atoms with Crippen LogP contribution in [0.25, 0.3) is 11.3 Å². The Morgan fingerprint density at radius 2 is 2.04 bits per heavy atom. The first-order valence-electron chi connectivity index (χ1n) is 8.32. The molecule has 0 saturated heterocycles. The summed E-state index contributed by atoms with van der Waals surface area (Å²) in [5.41, 5.74) is 2.96. The molecule has 0 aliphatic carbocycles. The Labute approximate surface area is 145 Å². The minimum Gasteiger partial charge on any atom is -0.367 e. The highest BCUT2D eigenvalue weighted by atomic mass is 19.1. The average molecular weight is 338 g/mol. The number of ether oxygens (including phenoxy) is 1. The molecule has 1 aliphatic heterocycles. The second-order valence-corrected chi connectivity index (χ2v) is 6.06. The molecule has 25 heavy (non-hydrogen) atoms. The van der Waals surface area contributed by atoms with Crippen molar-refractivity contribution in [2.75, 3.05) is 6.54 Å². The van der Waals surface area contributed by atoms with Crippen LogP contribution in [0.15, 0.2) is 54.9 Å². The Morgan fingerprint density at radius 1 is 1.16 bits per heavy atom. The maximum atomic E-state index is 13.2. The lowest BCUT2D eigenvalue weighted by Gasteiger charge is -2.26. The molecule has 3 heterocycles. The van der Waals surface area contributed by atoms with Crippen molar-refractivity contribution >= 4 is 0 Å². The van der Waals surface area contributed by atoms with Gasteiger partial charge in [0.05, 0.1) is 30.2 Å². The van der Waals surface area contributed by atoms with Crippen molar-refractivity contribution in [2.45, 2.75) is 25.8 Å². The Balaban J connectivity index is 1.42. The normalized spacial score (nSPS) is 16.6. The number of benzene rings is 1. The Morgan fingerprint density at radius 3 is 2.84 bits per heavy atom. The van der Waals surface area contributed by atoms with E-state index in [-0.39, 0.29) is 11.9 Å². The molecule has 3 aromatic rings. The van der Waals surface area contributed by atoms with E-state index in [0.717, 1.165) is 35.9 Å². The van der Waals surface area contributed by atoms with Crippen molar-refractivity contribution in [3.8, 4) is 11.3 Å². The van der Waals surface area contributed by atoms with Gasteiger partial charge in [-0.1, -0.05) is 6.07 Å². The number of hydrogen-bond donors (Lipinski definition) is 1. The van der Waals surface area contributed by atoms with Crippen LogP contribution in [0.3, 0.4) is 0 Å². The third-order valence-corrected chi connectivity index (χ3v) is 4.32. The van der Waals surface area contributed by atoms with Crippen LogP contribution >= 0.6 is 0 Å². The first-order chi connectivity index (χ1) is 12.3. The van der Waals surface area contributed by atoms with Crippen LogP contribution in [0.4, 0.5) is 4.39 Å². The van der Waals surface area contributed by atoms with Gasteiger partial charge in [-0.25, -0.2) is 9.37 Å². The van der Waals surface area contributed by atoms with Gasteiger partial charge >= 0.3 is 0 Å². The smallest absolute Gasteiger partial charge is 0.135 e. The maximum Gasteiger partial charge on any atom is 0.135 e. The fourth-order valence-electron chi connectivity index (χ4n) is 3.02. The molecular formula is C19H19FN4O. The third kappa shape index (κ3) is 3.60. The van der Waals surface area contributed by atoms with Crippen LogP contribution in [0.2, 0.25) is 0 Å². The van der Waals surface area contributed by atoms with Crippen LogP contribution in [-0.4, -0.2) is 27.2 Å². The zero-order valence-corrected chi connectivity index (χ0v) is 13.7. The van der Waals surface area contributed by atoms with Gasteiger partial charge in [-0.15, -0.1) is 0 Å². The van der Waals surface area contributed by atoms with Crippen molar-refractivity contribution in [2.24, 2.45) is 0 Å². The van der Waals surface area contributed by atoms with Crippen LogP contribution in [0.1, 0.15) is 11.5 Å². The number of imidazole rings is 1. The molecule has 0 saturated carbocycles. The summed E-state index contributed by atoms with van der Waals surface area (Å²) in [6.45, 7) is 2.65. The third-order valence-electron chi connectivity index (χ3n) is 4.32. The highest BCUT2D eigenvalue weighted by molar-refractivity contribution is 5.59. The molecule has 4 rings (SSSR count). The fourth-order valence-corrected chi connectivity index (χ4v) is 3.02. The van der Waals surface area contributed by atoms with E-state index in [1.807, 2.05) is 24.4 Å². The van der Waals surface area contributed by atoms with E-state index in [1.54, 1.807) is 18.3 Å². The number of pyridine rings is 1. The largest absolute Gasteiger partial charge is 0.367 e. The molecule has 0 bridgehead atoms. The molecule has 0 spiro atoms. The quantitative estimate of drug-likeness (QED) is 0.777. The molecule has 1 N–H and O–H groups in total. The fraction of sp³-hybridized carbons (Fsp3) is 0.263. The lowest BCUT2D eigenvalue weighted by atomic mass is 10.1. The molecule has 0 fully saturated rings. The highest BCUT2D eigenvalue weighted by Crippen LogP contribution is 2.25. The maximum absolute atomic E-state index is 13.2. The number of hydrogen-bond acceptors (Lipinski definition) is 4. The van der Waals surface area contributed by atoms with Gasteiger partial charge in [0.2, 0.25) is 0 Å². The van der Waals surface area contributed by atoms with Gasteiger partial charge in [0, 0.05) is 19.3 Å². The number of fused-ring (bicyclic) bond motifs is 1. The van der Waals surface area contributed by atoms with Gasteiger partial charge in [0.25, 0.3) is 0 Å². The molecule has 0 unspecified atom stereocenters. The Bertz CT molecular complexity index is 832. The molecule has 1 aromatic carbocycles. The van der Waals surface area contributed by atoms with Crippen LogP contribution < -0.4 is 5.32 Å². The van der Waals surface area contributed by atoms with Crippen LogP contribution in [-0.2, 0) is 24.4 Å². The molecule has 0 amide bonds. The second kappa shape index (κ2) is 7.13. The predicted octanol–water partition coefficient (Wildman–Crippen LogP) is 2.77. The molecular weight excluding hydrogens is 319 g/mol.